The number of carbonyl (C=O) groups is 1. The van der Waals surface area contributed by atoms with Crippen LogP contribution in [-0.4, -0.2) is 55.5 Å². The Morgan fingerprint density at radius 2 is 1.73 bits per heavy atom. The quantitative estimate of drug-likeness (QED) is 0.798. The summed E-state index contributed by atoms with van der Waals surface area (Å²) >= 11 is 0. The number of halogens is 1. The number of hydrogen-bond acceptors (Lipinski definition) is 3. The molecule has 0 aromatic heterocycles. The molecule has 4 nitrogen and oxygen atoms in total. The predicted octanol–water partition coefficient (Wildman–Crippen LogP) is 2.76. The molecule has 1 amide bonds. The van der Waals surface area contributed by atoms with Gasteiger partial charge in [-0.15, -0.1) is 0 Å². The lowest BCUT2D eigenvalue weighted by molar-refractivity contribution is -0.132. The summed E-state index contributed by atoms with van der Waals surface area (Å²) in [5.41, 5.74) is 1.75. The molecule has 138 valence electrons. The minimum absolute atomic E-state index is 0.00454. The van der Waals surface area contributed by atoms with Gasteiger partial charge in [0.1, 0.15) is 11.6 Å². The molecule has 1 fully saturated rings. The zero-order chi connectivity index (χ0) is 18.4. The summed E-state index contributed by atoms with van der Waals surface area (Å²) in [6.45, 7) is 4.10. The first-order chi connectivity index (χ1) is 12.7. The van der Waals surface area contributed by atoms with Gasteiger partial charge >= 0.3 is 0 Å². The van der Waals surface area contributed by atoms with Crippen LogP contribution in [0.5, 0.6) is 5.75 Å². The maximum absolute atomic E-state index is 13.7. The van der Waals surface area contributed by atoms with Gasteiger partial charge in [0.05, 0.1) is 13.5 Å². The summed E-state index contributed by atoms with van der Waals surface area (Å²) in [4.78, 5) is 16.6. The fourth-order valence-corrected chi connectivity index (χ4v) is 3.22. The predicted molar refractivity (Wildman–Crippen MR) is 99.8 cm³/mol. The SMILES string of the molecule is COc1ccc(CCN2CCN(C(=O)Cc3ccccc3F)CC2)cc1. The summed E-state index contributed by atoms with van der Waals surface area (Å²) in [6.07, 6.45) is 1.12. The Kier molecular flexibility index (Phi) is 6.23. The fourth-order valence-electron chi connectivity index (χ4n) is 3.22. The smallest absolute Gasteiger partial charge is 0.227 e. The van der Waals surface area contributed by atoms with Crippen molar-refractivity contribution in [3.8, 4) is 5.75 Å². The number of rotatable bonds is 6. The third kappa shape index (κ3) is 4.82. The summed E-state index contributed by atoms with van der Waals surface area (Å²) < 4.78 is 18.9. The van der Waals surface area contributed by atoms with Gasteiger partial charge in [-0.2, -0.15) is 0 Å². The van der Waals surface area contributed by atoms with Crippen molar-refractivity contribution < 1.29 is 13.9 Å². The second kappa shape index (κ2) is 8.81. The van der Waals surface area contributed by atoms with Gasteiger partial charge in [0.15, 0.2) is 0 Å². The van der Waals surface area contributed by atoms with Crippen LogP contribution in [0.4, 0.5) is 4.39 Å². The number of carbonyl (C=O) groups excluding carboxylic acids is 1. The van der Waals surface area contributed by atoms with E-state index in [1.54, 1.807) is 25.3 Å². The molecule has 5 heteroatoms. The minimum atomic E-state index is -0.307. The van der Waals surface area contributed by atoms with Crippen molar-refractivity contribution in [2.75, 3.05) is 39.8 Å². The van der Waals surface area contributed by atoms with Crippen LogP contribution in [-0.2, 0) is 17.6 Å². The van der Waals surface area contributed by atoms with Gasteiger partial charge in [-0.05, 0) is 35.7 Å². The van der Waals surface area contributed by atoms with E-state index in [-0.39, 0.29) is 18.1 Å². The monoisotopic (exact) mass is 356 g/mol. The zero-order valence-electron chi connectivity index (χ0n) is 15.2. The average molecular weight is 356 g/mol. The van der Waals surface area contributed by atoms with E-state index >= 15 is 0 Å². The third-order valence-corrected chi connectivity index (χ3v) is 4.90. The van der Waals surface area contributed by atoms with Crippen molar-refractivity contribution in [3.63, 3.8) is 0 Å². The summed E-state index contributed by atoms with van der Waals surface area (Å²) in [5, 5.41) is 0. The van der Waals surface area contributed by atoms with Gasteiger partial charge in [0, 0.05) is 32.7 Å². The first-order valence-electron chi connectivity index (χ1n) is 9.02. The zero-order valence-corrected chi connectivity index (χ0v) is 15.2. The Balaban J connectivity index is 1.43. The van der Waals surface area contributed by atoms with Crippen molar-refractivity contribution in [3.05, 3.63) is 65.5 Å². The Labute approximate surface area is 154 Å². The largest absolute Gasteiger partial charge is 0.497 e. The summed E-state index contributed by atoms with van der Waals surface area (Å²) in [6, 6.07) is 14.6. The molecule has 26 heavy (non-hydrogen) atoms. The number of methoxy groups -OCH3 is 1. The topological polar surface area (TPSA) is 32.8 Å². The van der Waals surface area contributed by atoms with Crippen molar-refractivity contribution >= 4 is 5.91 Å². The Morgan fingerprint density at radius 1 is 1.04 bits per heavy atom. The second-order valence-corrected chi connectivity index (χ2v) is 6.59. The lowest BCUT2D eigenvalue weighted by atomic mass is 10.1. The van der Waals surface area contributed by atoms with Gasteiger partial charge in [-0.3, -0.25) is 9.69 Å². The number of benzene rings is 2. The van der Waals surface area contributed by atoms with E-state index in [0.29, 0.717) is 18.7 Å². The molecule has 1 aliphatic heterocycles. The first kappa shape index (κ1) is 18.4. The number of hydrogen-bond donors (Lipinski definition) is 0. The highest BCUT2D eigenvalue weighted by Crippen LogP contribution is 2.13. The van der Waals surface area contributed by atoms with Crippen LogP contribution in [0.3, 0.4) is 0 Å². The van der Waals surface area contributed by atoms with Crippen molar-refractivity contribution in [1.82, 2.24) is 9.80 Å². The number of nitrogens with zero attached hydrogens (tertiary/aromatic N) is 2. The van der Waals surface area contributed by atoms with Gasteiger partial charge in [-0.25, -0.2) is 4.39 Å². The Hall–Kier alpha value is -2.40. The van der Waals surface area contributed by atoms with Crippen molar-refractivity contribution in [2.45, 2.75) is 12.8 Å². The number of ether oxygens (including phenoxy) is 1. The molecule has 0 radical (unpaired) electrons. The van der Waals surface area contributed by atoms with Crippen LogP contribution in [0.1, 0.15) is 11.1 Å². The van der Waals surface area contributed by atoms with Crippen LogP contribution >= 0.6 is 0 Å². The van der Waals surface area contributed by atoms with Gasteiger partial charge in [0.2, 0.25) is 5.91 Å². The standard InChI is InChI=1S/C21H25FN2O2/c1-26-19-8-6-17(7-9-19)10-11-23-12-14-24(15-13-23)21(25)16-18-4-2-3-5-20(18)22/h2-9H,10-16H2,1H3. The fraction of sp³-hybridized carbons (Fsp3) is 0.381. The van der Waals surface area contributed by atoms with E-state index in [1.807, 2.05) is 17.0 Å². The molecule has 1 heterocycles. The molecule has 1 saturated heterocycles. The molecular formula is C21H25FN2O2. The highest BCUT2D eigenvalue weighted by atomic mass is 19.1. The highest BCUT2D eigenvalue weighted by molar-refractivity contribution is 5.79. The molecule has 0 saturated carbocycles. The van der Waals surface area contributed by atoms with E-state index in [0.717, 1.165) is 31.8 Å². The van der Waals surface area contributed by atoms with E-state index in [4.69, 9.17) is 4.74 Å². The van der Waals surface area contributed by atoms with Crippen LogP contribution in [0, 0.1) is 5.82 Å². The molecule has 0 aliphatic carbocycles. The van der Waals surface area contributed by atoms with E-state index in [9.17, 15) is 9.18 Å². The van der Waals surface area contributed by atoms with E-state index in [1.165, 1.54) is 11.6 Å². The number of amides is 1. The molecule has 0 bridgehead atoms. The Bertz CT molecular complexity index is 725. The van der Waals surface area contributed by atoms with E-state index in [2.05, 4.69) is 17.0 Å². The summed E-state index contributed by atoms with van der Waals surface area (Å²) in [5.74, 6) is 0.569. The molecule has 0 spiro atoms. The first-order valence-corrected chi connectivity index (χ1v) is 9.02. The van der Waals surface area contributed by atoms with Crippen molar-refractivity contribution in [1.29, 1.82) is 0 Å². The molecule has 0 atom stereocenters. The van der Waals surface area contributed by atoms with Gasteiger partial charge in [-0.1, -0.05) is 30.3 Å². The lowest BCUT2D eigenvalue weighted by Gasteiger charge is -2.34. The van der Waals surface area contributed by atoms with Gasteiger partial charge in [0.25, 0.3) is 0 Å². The van der Waals surface area contributed by atoms with E-state index < -0.39 is 0 Å². The maximum Gasteiger partial charge on any atom is 0.227 e. The van der Waals surface area contributed by atoms with Crippen LogP contribution in [0.15, 0.2) is 48.5 Å². The van der Waals surface area contributed by atoms with Crippen LogP contribution in [0.2, 0.25) is 0 Å². The van der Waals surface area contributed by atoms with Crippen LogP contribution in [0.25, 0.3) is 0 Å². The molecular weight excluding hydrogens is 331 g/mol. The molecule has 2 aromatic rings. The summed E-state index contributed by atoms with van der Waals surface area (Å²) in [7, 11) is 1.67. The lowest BCUT2D eigenvalue weighted by Crippen LogP contribution is -2.49. The molecule has 1 aliphatic rings. The Morgan fingerprint density at radius 3 is 2.38 bits per heavy atom. The molecule has 3 rings (SSSR count). The molecule has 2 aromatic carbocycles. The van der Waals surface area contributed by atoms with Gasteiger partial charge < -0.3 is 9.64 Å². The van der Waals surface area contributed by atoms with Crippen molar-refractivity contribution in [2.24, 2.45) is 0 Å². The normalized spacial score (nSPS) is 15.1. The minimum Gasteiger partial charge on any atom is -0.497 e. The highest BCUT2D eigenvalue weighted by Gasteiger charge is 2.21. The second-order valence-electron chi connectivity index (χ2n) is 6.59. The third-order valence-electron chi connectivity index (χ3n) is 4.90. The number of piperazine rings is 1. The molecule has 0 unspecified atom stereocenters. The average Bonchev–Trinajstić information content (AvgIpc) is 2.69. The maximum atomic E-state index is 13.7. The van der Waals surface area contributed by atoms with Crippen LogP contribution < -0.4 is 4.74 Å². The molecule has 0 N–H and O–H groups in total.